The predicted octanol–water partition coefficient (Wildman–Crippen LogP) is 3.00. The minimum absolute atomic E-state index is 0.0127. The summed E-state index contributed by atoms with van der Waals surface area (Å²) in [5, 5.41) is 10.6. The fraction of sp³-hybridized carbons (Fsp3) is 0.304. The van der Waals surface area contributed by atoms with Gasteiger partial charge in [-0.2, -0.15) is 0 Å². The van der Waals surface area contributed by atoms with Crippen LogP contribution in [0.3, 0.4) is 0 Å². The van der Waals surface area contributed by atoms with Gasteiger partial charge in [-0.05, 0) is 31.2 Å². The summed E-state index contributed by atoms with van der Waals surface area (Å²) in [6, 6.07) is 7.09. The molecule has 2 rings (SSSR count). The van der Waals surface area contributed by atoms with Crippen molar-refractivity contribution in [2.45, 2.75) is 19.4 Å². The highest BCUT2D eigenvalue weighted by molar-refractivity contribution is 7.95. The highest BCUT2D eigenvalue weighted by Crippen LogP contribution is 2.37. The number of carbonyl (C=O) groups is 2. The Morgan fingerprint density at radius 3 is 1.97 bits per heavy atom. The van der Waals surface area contributed by atoms with E-state index in [2.05, 4.69) is 4.72 Å². The van der Waals surface area contributed by atoms with Crippen molar-refractivity contribution in [3.63, 3.8) is 0 Å². The molecule has 0 saturated heterocycles. The van der Waals surface area contributed by atoms with Crippen molar-refractivity contribution in [3.8, 4) is 23.0 Å². The van der Waals surface area contributed by atoms with Gasteiger partial charge in [-0.3, -0.25) is 9.52 Å². The minimum atomic E-state index is -4.09. The lowest BCUT2D eigenvalue weighted by Crippen LogP contribution is -2.37. The molecule has 1 unspecified atom stereocenters. The minimum Gasteiger partial charge on any atom is -0.496 e. The molecule has 2 N–H and O–H groups in total. The second-order valence-electron chi connectivity index (χ2n) is 7.24. The molecule has 0 spiro atoms. The number of carboxylic acids is 1. The van der Waals surface area contributed by atoms with Crippen LogP contribution in [-0.2, 0) is 30.0 Å². The fourth-order valence-electron chi connectivity index (χ4n) is 3.20. The molecule has 2 aromatic rings. The molecule has 0 aliphatic carbocycles. The number of rotatable bonds is 11. The first-order chi connectivity index (χ1) is 16.4. The highest BCUT2D eigenvalue weighted by atomic mass is 32.2. The molecular formula is C23H27NO10S. The van der Waals surface area contributed by atoms with E-state index in [0.717, 1.165) is 19.3 Å². The van der Waals surface area contributed by atoms with Gasteiger partial charge in [0.05, 0.1) is 45.0 Å². The molecule has 35 heavy (non-hydrogen) atoms. The summed E-state index contributed by atoms with van der Waals surface area (Å²) in [5.41, 5.74) is -1.83. The first-order valence-electron chi connectivity index (χ1n) is 10.0. The smallest absolute Gasteiger partial charge is 0.352 e. The van der Waals surface area contributed by atoms with Gasteiger partial charge >= 0.3 is 11.9 Å². The van der Waals surface area contributed by atoms with Gasteiger partial charge in [-0.1, -0.05) is 0 Å². The Balaban J connectivity index is 2.47. The number of anilines is 1. The Morgan fingerprint density at radius 2 is 1.51 bits per heavy atom. The maximum Gasteiger partial charge on any atom is 0.352 e. The van der Waals surface area contributed by atoms with E-state index in [0.29, 0.717) is 22.8 Å². The van der Waals surface area contributed by atoms with Crippen molar-refractivity contribution in [3.05, 3.63) is 46.9 Å². The first-order valence-corrected chi connectivity index (χ1v) is 11.6. The largest absolute Gasteiger partial charge is 0.496 e. The average Bonchev–Trinajstić information content (AvgIpc) is 2.81. The molecule has 12 heteroatoms. The average molecular weight is 510 g/mol. The van der Waals surface area contributed by atoms with Crippen molar-refractivity contribution in [1.82, 2.24) is 0 Å². The monoisotopic (exact) mass is 509 g/mol. The molecule has 0 amide bonds. The fourth-order valence-corrected chi connectivity index (χ4v) is 4.04. The van der Waals surface area contributed by atoms with Crippen LogP contribution >= 0.6 is 0 Å². The number of hydrogen-bond acceptors (Lipinski definition) is 9. The number of nitrogens with one attached hydrogen (secondary N) is 1. The molecule has 11 nitrogen and oxygen atoms in total. The summed E-state index contributed by atoms with van der Waals surface area (Å²) >= 11 is 0. The Morgan fingerprint density at radius 1 is 0.943 bits per heavy atom. The van der Waals surface area contributed by atoms with E-state index in [9.17, 15) is 23.1 Å². The van der Waals surface area contributed by atoms with Crippen LogP contribution in [0.4, 0.5) is 5.69 Å². The van der Waals surface area contributed by atoms with Gasteiger partial charge in [0.2, 0.25) is 5.60 Å². The quantitative estimate of drug-likeness (QED) is 0.433. The van der Waals surface area contributed by atoms with E-state index in [1.807, 2.05) is 0 Å². The lowest BCUT2D eigenvalue weighted by atomic mass is 9.94. The van der Waals surface area contributed by atoms with Gasteiger partial charge in [0, 0.05) is 24.7 Å². The number of aliphatic carboxylic acids is 1. The SMILES string of the molecule is COc1cc(OC)c(/C=C/S(=O)(=O)Nc2ccc(OC)c(C(C)(OC(C)=O)C(=O)O)c2)c(OC)c1. The zero-order valence-corrected chi connectivity index (χ0v) is 20.9. The van der Waals surface area contributed by atoms with E-state index < -0.39 is 27.6 Å². The van der Waals surface area contributed by atoms with Crippen LogP contribution in [0.25, 0.3) is 6.08 Å². The number of methoxy groups -OCH3 is 4. The molecule has 190 valence electrons. The van der Waals surface area contributed by atoms with Crippen molar-refractivity contribution in [2.75, 3.05) is 33.2 Å². The molecule has 0 heterocycles. The van der Waals surface area contributed by atoms with Crippen LogP contribution in [0.1, 0.15) is 25.0 Å². The maximum absolute atomic E-state index is 12.8. The summed E-state index contributed by atoms with van der Waals surface area (Å²) in [6.07, 6.45) is 1.28. The third-order valence-electron chi connectivity index (χ3n) is 4.90. The lowest BCUT2D eigenvalue weighted by Gasteiger charge is -2.27. The summed E-state index contributed by atoms with van der Waals surface area (Å²) in [6.45, 7) is 2.22. The number of sulfonamides is 1. The molecule has 0 aliphatic heterocycles. The summed E-state index contributed by atoms with van der Waals surface area (Å²) in [7, 11) is 1.51. The van der Waals surface area contributed by atoms with Gasteiger partial charge in [-0.15, -0.1) is 0 Å². The second-order valence-corrected chi connectivity index (χ2v) is 8.81. The zero-order chi connectivity index (χ0) is 26.4. The van der Waals surface area contributed by atoms with Gasteiger partial charge in [-0.25, -0.2) is 13.2 Å². The van der Waals surface area contributed by atoms with E-state index in [-0.39, 0.29) is 17.0 Å². The van der Waals surface area contributed by atoms with E-state index >= 15 is 0 Å². The number of hydrogen-bond donors (Lipinski definition) is 2. The van der Waals surface area contributed by atoms with Crippen molar-refractivity contribution < 1.29 is 46.8 Å². The number of ether oxygens (including phenoxy) is 5. The number of carbonyl (C=O) groups excluding carboxylic acids is 1. The molecule has 0 aliphatic rings. The standard InChI is InChI=1S/C23H27NO10S/c1-14(25)34-23(2,22(26)27)18-11-15(7-8-19(18)31-4)24-35(28,29)10-9-17-20(32-5)12-16(30-3)13-21(17)33-6/h7-13,24H,1-6H3,(H,26,27)/b10-9+. The molecular weight excluding hydrogens is 482 g/mol. The van der Waals surface area contributed by atoms with Crippen LogP contribution in [0.5, 0.6) is 23.0 Å². The van der Waals surface area contributed by atoms with Crippen molar-refractivity contribution >= 4 is 33.7 Å². The van der Waals surface area contributed by atoms with Gasteiger partial charge in [0.25, 0.3) is 10.0 Å². The summed E-state index contributed by atoms with van der Waals surface area (Å²) in [4.78, 5) is 23.5. The number of carboxylic acid groups (broad SMARTS) is 1. The second kappa shape index (κ2) is 11.0. The Bertz CT molecular complexity index is 1210. The van der Waals surface area contributed by atoms with E-state index in [1.54, 1.807) is 12.1 Å². The Labute approximate surface area is 203 Å². The van der Waals surface area contributed by atoms with E-state index in [1.165, 1.54) is 52.7 Å². The third-order valence-corrected chi connectivity index (χ3v) is 5.91. The molecule has 1 atom stereocenters. The molecule has 0 fully saturated rings. The van der Waals surface area contributed by atoms with Crippen LogP contribution < -0.4 is 23.7 Å². The van der Waals surface area contributed by atoms with Gasteiger partial charge < -0.3 is 28.8 Å². The van der Waals surface area contributed by atoms with Crippen molar-refractivity contribution in [2.24, 2.45) is 0 Å². The Kier molecular flexibility index (Phi) is 8.58. The number of benzene rings is 2. The lowest BCUT2D eigenvalue weighted by molar-refractivity contribution is -0.176. The molecule has 0 aromatic heterocycles. The summed E-state index contributed by atoms with van der Waals surface area (Å²) in [5.74, 6) is -1.13. The van der Waals surface area contributed by atoms with Crippen LogP contribution in [0.2, 0.25) is 0 Å². The van der Waals surface area contributed by atoms with Crippen molar-refractivity contribution in [1.29, 1.82) is 0 Å². The highest BCUT2D eigenvalue weighted by Gasteiger charge is 2.41. The molecule has 0 saturated carbocycles. The normalized spacial score (nSPS) is 13.0. The number of esters is 1. The molecule has 0 radical (unpaired) electrons. The van der Waals surface area contributed by atoms with Crippen LogP contribution in [0.15, 0.2) is 35.7 Å². The third kappa shape index (κ3) is 6.35. The zero-order valence-electron chi connectivity index (χ0n) is 20.1. The first kappa shape index (κ1) is 27.3. The topological polar surface area (TPSA) is 147 Å². The molecule has 0 bridgehead atoms. The Hall–Kier alpha value is -3.93. The van der Waals surface area contributed by atoms with Crippen LogP contribution in [0, 0.1) is 0 Å². The van der Waals surface area contributed by atoms with Gasteiger partial charge in [0.1, 0.15) is 23.0 Å². The van der Waals surface area contributed by atoms with Crippen LogP contribution in [-0.4, -0.2) is 53.9 Å². The van der Waals surface area contributed by atoms with Gasteiger partial charge in [0.15, 0.2) is 0 Å². The predicted molar refractivity (Wildman–Crippen MR) is 127 cm³/mol. The summed E-state index contributed by atoms with van der Waals surface area (Å²) < 4.78 is 53.9. The molecule has 2 aromatic carbocycles. The maximum atomic E-state index is 12.8. The van der Waals surface area contributed by atoms with E-state index in [4.69, 9.17) is 23.7 Å².